The van der Waals surface area contributed by atoms with Crippen molar-refractivity contribution in [1.29, 1.82) is 0 Å². The van der Waals surface area contributed by atoms with Crippen molar-refractivity contribution >= 4 is 35.0 Å². The van der Waals surface area contributed by atoms with Crippen LogP contribution in [0.1, 0.15) is 72.1 Å². The maximum Gasteiger partial charge on any atom is 0.257 e. The van der Waals surface area contributed by atoms with Crippen molar-refractivity contribution in [3.05, 3.63) is 58.6 Å². The van der Waals surface area contributed by atoms with Crippen LogP contribution >= 0.6 is 11.6 Å². The first-order valence-electron chi connectivity index (χ1n) is 13.4. The Hall–Kier alpha value is -3.10. The van der Waals surface area contributed by atoms with Crippen LogP contribution in [0.4, 0.5) is 5.69 Å². The number of carbonyl (C=O) groups excluding carboxylic acids is 3. The SMILES string of the molecule is CN1C(=O)c2cc(NC(=O)c3cccc(Cl)c3)ccc2OC[C@@H]2O[C@@H](CC(=O)NC3CCCCC3)CC[C@@H]21. The average molecular weight is 540 g/mol. The van der Waals surface area contributed by atoms with Gasteiger partial charge in [-0.1, -0.05) is 36.9 Å². The Morgan fingerprint density at radius 3 is 2.66 bits per heavy atom. The summed E-state index contributed by atoms with van der Waals surface area (Å²) in [6, 6.07) is 11.8. The smallest absolute Gasteiger partial charge is 0.257 e. The van der Waals surface area contributed by atoms with E-state index in [1.165, 1.54) is 19.3 Å². The molecule has 2 aliphatic heterocycles. The Labute approximate surface area is 228 Å². The molecule has 8 nitrogen and oxygen atoms in total. The number of ether oxygens (including phenoxy) is 2. The number of likely N-dealkylation sites (N-methyl/N-ethyl adjacent to an activating group) is 1. The highest BCUT2D eigenvalue weighted by molar-refractivity contribution is 6.31. The molecule has 1 saturated carbocycles. The molecular weight excluding hydrogens is 506 g/mol. The monoisotopic (exact) mass is 539 g/mol. The van der Waals surface area contributed by atoms with Gasteiger partial charge in [-0.25, -0.2) is 0 Å². The molecule has 3 amide bonds. The van der Waals surface area contributed by atoms with Crippen LogP contribution in [0.15, 0.2) is 42.5 Å². The molecule has 1 saturated heterocycles. The normalized spacial score (nSPS) is 23.8. The molecular formula is C29H34ClN3O5. The Balaban J connectivity index is 1.24. The molecule has 2 aromatic rings. The fraction of sp³-hybridized carbons (Fsp3) is 0.483. The largest absolute Gasteiger partial charge is 0.490 e. The topological polar surface area (TPSA) is 97.0 Å². The van der Waals surface area contributed by atoms with E-state index in [-0.39, 0.29) is 48.6 Å². The standard InChI is InChI=1S/C29H34ClN3O5/c1-33-24-12-11-22(16-27(34)31-20-8-3-2-4-9-20)38-26(24)17-37-25-13-10-21(15-23(25)29(33)36)32-28(35)18-6-5-7-19(30)14-18/h5-7,10,13-15,20,22,24,26H,2-4,8-9,11-12,16-17H2,1H3,(H,31,34)(H,32,35)/t22-,24+,26+/m1/s1. The number of nitrogens with one attached hydrogen (secondary N) is 2. The molecule has 2 fully saturated rings. The fourth-order valence-corrected chi connectivity index (χ4v) is 5.87. The third kappa shape index (κ3) is 6.13. The lowest BCUT2D eigenvalue weighted by atomic mass is 9.93. The minimum Gasteiger partial charge on any atom is -0.490 e. The molecule has 202 valence electrons. The fourth-order valence-electron chi connectivity index (χ4n) is 5.68. The number of carbonyl (C=O) groups is 3. The van der Waals surface area contributed by atoms with Crippen molar-refractivity contribution in [2.45, 2.75) is 75.7 Å². The van der Waals surface area contributed by atoms with Gasteiger partial charge in [0.2, 0.25) is 5.91 Å². The summed E-state index contributed by atoms with van der Waals surface area (Å²) in [7, 11) is 1.77. The second-order valence-electron chi connectivity index (χ2n) is 10.5. The zero-order valence-corrected chi connectivity index (χ0v) is 22.3. The van der Waals surface area contributed by atoms with E-state index >= 15 is 0 Å². The highest BCUT2D eigenvalue weighted by Crippen LogP contribution is 2.33. The Bertz CT molecular complexity index is 1200. The highest BCUT2D eigenvalue weighted by Gasteiger charge is 2.39. The Morgan fingerprint density at radius 1 is 1.05 bits per heavy atom. The van der Waals surface area contributed by atoms with Crippen LogP contribution in [0.25, 0.3) is 0 Å². The number of benzene rings is 2. The summed E-state index contributed by atoms with van der Waals surface area (Å²) in [6.07, 6.45) is 6.89. The van der Waals surface area contributed by atoms with Gasteiger partial charge >= 0.3 is 0 Å². The number of nitrogens with zero attached hydrogens (tertiary/aromatic N) is 1. The summed E-state index contributed by atoms with van der Waals surface area (Å²) in [5, 5.41) is 6.47. The molecule has 1 aliphatic carbocycles. The van der Waals surface area contributed by atoms with Crippen molar-refractivity contribution < 1.29 is 23.9 Å². The molecule has 0 spiro atoms. The molecule has 5 rings (SSSR count). The summed E-state index contributed by atoms with van der Waals surface area (Å²) in [6.45, 7) is 0.268. The van der Waals surface area contributed by atoms with Gasteiger partial charge in [0.1, 0.15) is 18.5 Å². The molecule has 38 heavy (non-hydrogen) atoms. The Kier molecular flexibility index (Phi) is 8.19. The third-order valence-electron chi connectivity index (χ3n) is 7.74. The van der Waals surface area contributed by atoms with Gasteiger partial charge < -0.3 is 25.0 Å². The van der Waals surface area contributed by atoms with Crippen LogP contribution in [-0.4, -0.2) is 60.6 Å². The average Bonchev–Trinajstić information content (AvgIpc) is 2.91. The van der Waals surface area contributed by atoms with Gasteiger partial charge in [-0.2, -0.15) is 0 Å². The molecule has 9 heteroatoms. The second-order valence-corrected chi connectivity index (χ2v) is 10.9. The van der Waals surface area contributed by atoms with Crippen molar-refractivity contribution in [3.8, 4) is 5.75 Å². The van der Waals surface area contributed by atoms with E-state index in [4.69, 9.17) is 21.1 Å². The van der Waals surface area contributed by atoms with E-state index in [1.807, 2.05) is 0 Å². The predicted octanol–water partition coefficient (Wildman–Crippen LogP) is 4.81. The second kappa shape index (κ2) is 11.7. The number of halogens is 1. The van der Waals surface area contributed by atoms with Crippen LogP contribution in [0.3, 0.4) is 0 Å². The molecule has 2 N–H and O–H groups in total. The molecule has 2 heterocycles. The summed E-state index contributed by atoms with van der Waals surface area (Å²) in [5.41, 5.74) is 1.29. The zero-order chi connectivity index (χ0) is 26.6. The first kappa shape index (κ1) is 26.5. The molecule has 2 aromatic carbocycles. The number of fused-ring (bicyclic) bond motifs is 2. The lowest BCUT2D eigenvalue weighted by molar-refractivity contribution is -0.134. The van der Waals surface area contributed by atoms with Crippen LogP contribution in [0.2, 0.25) is 5.02 Å². The van der Waals surface area contributed by atoms with E-state index in [0.29, 0.717) is 40.4 Å². The molecule has 0 radical (unpaired) electrons. The van der Waals surface area contributed by atoms with Crippen LogP contribution < -0.4 is 15.4 Å². The quantitative estimate of drug-likeness (QED) is 0.568. The number of hydrogen-bond acceptors (Lipinski definition) is 5. The lowest BCUT2D eigenvalue weighted by Crippen LogP contribution is -2.54. The number of anilines is 1. The molecule has 3 atom stereocenters. The summed E-state index contributed by atoms with van der Waals surface area (Å²) < 4.78 is 12.4. The van der Waals surface area contributed by atoms with Crippen LogP contribution in [0, 0.1) is 0 Å². The highest BCUT2D eigenvalue weighted by atomic mass is 35.5. The van der Waals surface area contributed by atoms with Gasteiger partial charge in [0, 0.05) is 29.4 Å². The maximum absolute atomic E-state index is 13.5. The van der Waals surface area contributed by atoms with Gasteiger partial charge in [0.25, 0.3) is 11.8 Å². The number of rotatable bonds is 5. The zero-order valence-electron chi connectivity index (χ0n) is 21.6. The van der Waals surface area contributed by atoms with Crippen molar-refractivity contribution in [2.24, 2.45) is 0 Å². The van der Waals surface area contributed by atoms with E-state index in [1.54, 1.807) is 54.4 Å². The minimum atomic E-state index is -0.333. The van der Waals surface area contributed by atoms with Crippen molar-refractivity contribution in [3.63, 3.8) is 0 Å². The first-order valence-corrected chi connectivity index (χ1v) is 13.8. The van der Waals surface area contributed by atoms with Gasteiger partial charge in [-0.15, -0.1) is 0 Å². The van der Waals surface area contributed by atoms with E-state index in [9.17, 15) is 14.4 Å². The van der Waals surface area contributed by atoms with Crippen LogP contribution in [-0.2, 0) is 9.53 Å². The summed E-state index contributed by atoms with van der Waals surface area (Å²) in [5.74, 6) is -0.0546. The number of amides is 3. The van der Waals surface area contributed by atoms with Crippen molar-refractivity contribution in [2.75, 3.05) is 19.0 Å². The maximum atomic E-state index is 13.5. The van der Waals surface area contributed by atoms with E-state index < -0.39 is 0 Å². The predicted molar refractivity (Wildman–Crippen MR) is 145 cm³/mol. The van der Waals surface area contributed by atoms with E-state index in [0.717, 1.165) is 19.3 Å². The Morgan fingerprint density at radius 2 is 1.87 bits per heavy atom. The van der Waals surface area contributed by atoms with Crippen LogP contribution in [0.5, 0.6) is 5.75 Å². The molecule has 3 aliphatic rings. The third-order valence-corrected chi connectivity index (χ3v) is 7.97. The van der Waals surface area contributed by atoms with Gasteiger partial charge in [-0.3, -0.25) is 14.4 Å². The number of hydrogen-bond donors (Lipinski definition) is 2. The molecule has 0 aromatic heterocycles. The first-order chi connectivity index (χ1) is 18.4. The van der Waals surface area contributed by atoms with Gasteiger partial charge in [0.05, 0.1) is 24.1 Å². The van der Waals surface area contributed by atoms with Crippen molar-refractivity contribution in [1.82, 2.24) is 10.2 Å². The van der Waals surface area contributed by atoms with Gasteiger partial charge in [-0.05, 0) is 62.1 Å². The molecule has 0 bridgehead atoms. The lowest BCUT2D eigenvalue weighted by Gasteiger charge is -2.42. The van der Waals surface area contributed by atoms with E-state index in [2.05, 4.69) is 10.6 Å². The molecule has 0 unspecified atom stereocenters. The van der Waals surface area contributed by atoms with Gasteiger partial charge in [0.15, 0.2) is 0 Å². The summed E-state index contributed by atoms with van der Waals surface area (Å²) >= 11 is 6.01. The summed E-state index contributed by atoms with van der Waals surface area (Å²) in [4.78, 5) is 40.5. The minimum absolute atomic E-state index is 0.0363.